The fraction of sp³-hybridized carbons (Fsp3) is 0.111. The van der Waals surface area contributed by atoms with Crippen LogP contribution in [0, 0.1) is 5.82 Å². The summed E-state index contributed by atoms with van der Waals surface area (Å²) in [5, 5.41) is 10.0. The van der Waals surface area contributed by atoms with Crippen molar-refractivity contribution in [2.75, 3.05) is 7.11 Å². The van der Waals surface area contributed by atoms with Crippen molar-refractivity contribution in [3.63, 3.8) is 0 Å². The number of aromatic amines is 1. The van der Waals surface area contributed by atoms with Gasteiger partial charge < -0.3 is 10.1 Å². The Morgan fingerprint density at radius 2 is 1.79 bits per heavy atom. The lowest BCUT2D eigenvalue weighted by atomic mass is 9.97. The molecule has 1 aliphatic heterocycles. The summed E-state index contributed by atoms with van der Waals surface area (Å²) in [5.41, 5.74) is 3.59. The first kappa shape index (κ1) is 14.4. The van der Waals surface area contributed by atoms with Gasteiger partial charge in [0.15, 0.2) is 0 Å². The molecule has 1 aliphatic rings. The minimum absolute atomic E-state index is 0.216. The van der Waals surface area contributed by atoms with Crippen LogP contribution >= 0.6 is 0 Å². The van der Waals surface area contributed by atoms with Crippen molar-refractivity contribution in [2.24, 2.45) is 0 Å². The summed E-state index contributed by atoms with van der Waals surface area (Å²) < 4.78 is 18.4. The van der Waals surface area contributed by atoms with E-state index in [9.17, 15) is 9.18 Å². The highest BCUT2D eigenvalue weighted by Crippen LogP contribution is 2.37. The van der Waals surface area contributed by atoms with Crippen molar-refractivity contribution in [2.45, 2.75) is 6.04 Å². The van der Waals surface area contributed by atoms with Gasteiger partial charge in [0.1, 0.15) is 17.3 Å². The van der Waals surface area contributed by atoms with E-state index in [2.05, 4.69) is 15.5 Å². The van der Waals surface area contributed by atoms with Crippen molar-refractivity contribution in [1.82, 2.24) is 15.5 Å². The average molecular weight is 323 g/mol. The molecule has 1 atom stereocenters. The van der Waals surface area contributed by atoms with Gasteiger partial charge in [0.25, 0.3) is 5.91 Å². The summed E-state index contributed by atoms with van der Waals surface area (Å²) in [6.45, 7) is 0. The molecule has 0 bridgehead atoms. The molecule has 2 heterocycles. The molecule has 1 unspecified atom stereocenters. The van der Waals surface area contributed by atoms with Gasteiger partial charge in [0.05, 0.1) is 18.8 Å². The number of hydrogen-bond acceptors (Lipinski definition) is 3. The molecule has 3 aromatic rings. The molecule has 6 heteroatoms. The maximum absolute atomic E-state index is 13.2. The Balaban J connectivity index is 1.80. The lowest BCUT2D eigenvalue weighted by Gasteiger charge is -2.13. The number of carbonyl (C=O) groups is 1. The molecule has 2 aromatic carbocycles. The number of carbonyl (C=O) groups excluding carboxylic acids is 1. The summed E-state index contributed by atoms with van der Waals surface area (Å²) in [5.74, 6) is 0.215. The fourth-order valence-corrected chi connectivity index (χ4v) is 2.95. The van der Waals surface area contributed by atoms with E-state index >= 15 is 0 Å². The molecule has 120 valence electrons. The largest absolute Gasteiger partial charge is 0.497 e. The zero-order valence-electron chi connectivity index (χ0n) is 12.8. The van der Waals surface area contributed by atoms with E-state index in [0.717, 1.165) is 22.4 Å². The van der Waals surface area contributed by atoms with Crippen LogP contribution in [0.3, 0.4) is 0 Å². The third kappa shape index (κ3) is 2.23. The Kier molecular flexibility index (Phi) is 3.30. The first-order chi connectivity index (χ1) is 11.7. The van der Waals surface area contributed by atoms with Crippen molar-refractivity contribution < 1.29 is 13.9 Å². The van der Waals surface area contributed by atoms with Gasteiger partial charge in [-0.25, -0.2) is 4.39 Å². The van der Waals surface area contributed by atoms with E-state index in [1.165, 1.54) is 12.1 Å². The van der Waals surface area contributed by atoms with Gasteiger partial charge in [-0.3, -0.25) is 9.89 Å². The van der Waals surface area contributed by atoms with Crippen LogP contribution in [0.15, 0.2) is 48.5 Å². The van der Waals surface area contributed by atoms with Crippen LogP contribution in [0.2, 0.25) is 0 Å². The Morgan fingerprint density at radius 3 is 2.46 bits per heavy atom. The molecular weight excluding hydrogens is 309 g/mol. The van der Waals surface area contributed by atoms with E-state index in [1.807, 2.05) is 24.3 Å². The van der Waals surface area contributed by atoms with E-state index in [1.54, 1.807) is 19.2 Å². The average Bonchev–Trinajstić information content (AvgIpc) is 3.18. The van der Waals surface area contributed by atoms with E-state index in [4.69, 9.17) is 4.74 Å². The maximum Gasteiger partial charge on any atom is 0.270 e. The van der Waals surface area contributed by atoms with Gasteiger partial charge in [-0.15, -0.1) is 0 Å². The Labute approximate surface area is 137 Å². The fourth-order valence-electron chi connectivity index (χ4n) is 2.95. The Morgan fingerprint density at radius 1 is 1.08 bits per heavy atom. The highest BCUT2D eigenvalue weighted by Gasteiger charge is 2.35. The predicted molar refractivity (Wildman–Crippen MR) is 86.3 cm³/mol. The van der Waals surface area contributed by atoms with Gasteiger partial charge in [-0.1, -0.05) is 12.1 Å². The predicted octanol–water partition coefficient (Wildman–Crippen LogP) is 3.06. The first-order valence-electron chi connectivity index (χ1n) is 7.46. The molecule has 0 fully saturated rings. The van der Waals surface area contributed by atoms with Crippen molar-refractivity contribution >= 4 is 5.91 Å². The molecule has 0 saturated carbocycles. The smallest absolute Gasteiger partial charge is 0.270 e. The van der Waals surface area contributed by atoms with E-state index in [0.29, 0.717) is 11.4 Å². The molecule has 1 aromatic heterocycles. The SMILES string of the molecule is COc1ccc(-c2n[nH]c3c2C(c2ccc(F)cc2)NC3=O)cc1. The molecule has 24 heavy (non-hydrogen) atoms. The minimum atomic E-state index is -0.357. The molecule has 0 saturated heterocycles. The number of nitrogens with zero attached hydrogens (tertiary/aromatic N) is 1. The summed E-state index contributed by atoms with van der Waals surface area (Å²) in [6, 6.07) is 13.2. The van der Waals surface area contributed by atoms with Crippen LogP contribution in [0.4, 0.5) is 4.39 Å². The highest BCUT2D eigenvalue weighted by atomic mass is 19.1. The second-order valence-electron chi connectivity index (χ2n) is 5.55. The summed E-state index contributed by atoms with van der Waals surface area (Å²) in [6.07, 6.45) is 0. The monoisotopic (exact) mass is 323 g/mol. The maximum atomic E-state index is 13.2. The van der Waals surface area contributed by atoms with Gasteiger partial charge in [-0.2, -0.15) is 5.10 Å². The molecular formula is C18H14FN3O2. The van der Waals surface area contributed by atoms with Gasteiger partial charge >= 0.3 is 0 Å². The van der Waals surface area contributed by atoms with Crippen LogP contribution in [-0.4, -0.2) is 23.2 Å². The molecule has 4 rings (SSSR count). The van der Waals surface area contributed by atoms with E-state index in [-0.39, 0.29) is 17.8 Å². The summed E-state index contributed by atoms with van der Waals surface area (Å²) in [4.78, 5) is 12.2. The second kappa shape index (κ2) is 5.49. The lowest BCUT2D eigenvalue weighted by molar-refractivity contribution is 0.0955. The van der Waals surface area contributed by atoms with Gasteiger partial charge in [-0.05, 0) is 42.0 Å². The zero-order valence-corrected chi connectivity index (χ0v) is 12.8. The molecule has 1 amide bonds. The van der Waals surface area contributed by atoms with Gasteiger partial charge in [0.2, 0.25) is 0 Å². The van der Waals surface area contributed by atoms with Crippen LogP contribution in [0.1, 0.15) is 27.7 Å². The van der Waals surface area contributed by atoms with Crippen LogP contribution < -0.4 is 10.1 Å². The summed E-state index contributed by atoms with van der Waals surface area (Å²) >= 11 is 0. The number of rotatable bonds is 3. The number of amides is 1. The van der Waals surface area contributed by atoms with Crippen molar-refractivity contribution in [3.05, 3.63) is 71.2 Å². The summed E-state index contributed by atoms with van der Waals surface area (Å²) in [7, 11) is 1.61. The quantitative estimate of drug-likeness (QED) is 0.778. The molecule has 5 nitrogen and oxygen atoms in total. The number of hydrogen-bond donors (Lipinski definition) is 2. The van der Waals surface area contributed by atoms with E-state index < -0.39 is 0 Å². The number of aromatic nitrogens is 2. The topological polar surface area (TPSA) is 67.0 Å². The van der Waals surface area contributed by atoms with Gasteiger partial charge in [0, 0.05) is 11.1 Å². The number of fused-ring (bicyclic) bond motifs is 1. The Bertz CT molecular complexity index is 901. The normalized spacial score (nSPS) is 15.9. The third-order valence-corrected chi connectivity index (χ3v) is 4.16. The Hall–Kier alpha value is -3.15. The number of benzene rings is 2. The second-order valence-corrected chi connectivity index (χ2v) is 5.55. The number of methoxy groups -OCH3 is 1. The molecule has 2 N–H and O–H groups in total. The lowest BCUT2D eigenvalue weighted by Crippen LogP contribution is -2.21. The van der Waals surface area contributed by atoms with Crippen LogP contribution in [0.5, 0.6) is 5.75 Å². The molecule has 0 spiro atoms. The number of halogens is 1. The molecule has 0 aliphatic carbocycles. The first-order valence-corrected chi connectivity index (χ1v) is 7.46. The van der Waals surface area contributed by atoms with Crippen LogP contribution in [0.25, 0.3) is 11.3 Å². The molecule has 0 radical (unpaired) electrons. The number of nitrogens with one attached hydrogen (secondary N) is 2. The van der Waals surface area contributed by atoms with Crippen molar-refractivity contribution in [1.29, 1.82) is 0 Å². The number of ether oxygens (including phenoxy) is 1. The number of H-pyrrole nitrogens is 1. The van der Waals surface area contributed by atoms with Crippen LogP contribution in [-0.2, 0) is 0 Å². The minimum Gasteiger partial charge on any atom is -0.497 e. The zero-order chi connectivity index (χ0) is 16.7. The standard InChI is InChI=1S/C18H14FN3O2/c1-24-13-8-4-11(5-9-13)16-14-15(10-2-6-12(19)7-3-10)20-18(23)17(14)22-21-16/h2-9,15H,1H3,(H,20,23)(H,21,22). The third-order valence-electron chi connectivity index (χ3n) is 4.16. The van der Waals surface area contributed by atoms with Crippen molar-refractivity contribution in [3.8, 4) is 17.0 Å². The highest BCUT2D eigenvalue weighted by molar-refractivity contribution is 6.00.